The Hall–Kier alpha value is -0.800. The molecule has 1 fully saturated rings. The molecular formula is C13H22N2O. The van der Waals surface area contributed by atoms with E-state index in [9.17, 15) is 5.11 Å². The third-order valence-corrected chi connectivity index (χ3v) is 3.71. The van der Waals surface area contributed by atoms with Gasteiger partial charge in [-0.05, 0) is 30.9 Å². The van der Waals surface area contributed by atoms with E-state index < -0.39 is 0 Å². The molecular weight excluding hydrogens is 200 g/mol. The molecule has 0 saturated heterocycles. The summed E-state index contributed by atoms with van der Waals surface area (Å²) in [5.74, 6) is 0.719. The summed E-state index contributed by atoms with van der Waals surface area (Å²) in [6.45, 7) is 3.35. The topological polar surface area (TPSA) is 48.0 Å². The smallest absolute Gasteiger partial charge is 0.0613 e. The maximum absolute atomic E-state index is 9.62. The Balaban J connectivity index is 1.93. The number of H-pyrrole nitrogens is 1. The first-order chi connectivity index (χ1) is 7.74. The second-order valence-corrected chi connectivity index (χ2v) is 5.19. The van der Waals surface area contributed by atoms with Gasteiger partial charge in [-0.1, -0.05) is 19.8 Å². The molecule has 1 saturated carbocycles. The van der Waals surface area contributed by atoms with Crippen LogP contribution in [-0.4, -0.2) is 22.2 Å². The second-order valence-electron chi connectivity index (χ2n) is 5.19. The van der Waals surface area contributed by atoms with Crippen LogP contribution in [-0.2, 0) is 6.54 Å². The van der Waals surface area contributed by atoms with E-state index in [1.54, 1.807) is 0 Å². The number of hydrogen-bond acceptors (Lipinski definition) is 2. The first kappa shape index (κ1) is 11.7. The van der Waals surface area contributed by atoms with Gasteiger partial charge in [-0.25, -0.2) is 0 Å². The highest BCUT2D eigenvalue weighted by atomic mass is 16.3. The zero-order valence-electron chi connectivity index (χ0n) is 10.00. The number of aliphatic hydroxyl groups is 1. The maximum atomic E-state index is 9.62. The Morgan fingerprint density at radius 2 is 2.50 bits per heavy atom. The number of aliphatic hydroxyl groups excluding tert-OH is 1. The molecule has 0 radical (unpaired) electrons. The molecule has 0 amide bonds. The van der Waals surface area contributed by atoms with Gasteiger partial charge in [0.15, 0.2) is 0 Å². The zero-order chi connectivity index (χ0) is 11.4. The van der Waals surface area contributed by atoms with Crippen molar-refractivity contribution in [2.24, 2.45) is 5.92 Å². The number of aromatic amines is 1. The summed E-state index contributed by atoms with van der Waals surface area (Å²) in [4.78, 5) is 3.19. The van der Waals surface area contributed by atoms with Gasteiger partial charge in [0.25, 0.3) is 0 Å². The van der Waals surface area contributed by atoms with Crippen LogP contribution in [0.5, 0.6) is 0 Å². The average Bonchev–Trinajstić information content (AvgIpc) is 2.79. The van der Waals surface area contributed by atoms with Gasteiger partial charge in [0.1, 0.15) is 0 Å². The molecule has 0 spiro atoms. The molecule has 2 rings (SSSR count). The molecule has 1 aromatic heterocycles. The van der Waals surface area contributed by atoms with Gasteiger partial charge in [-0.2, -0.15) is 0 Å². The van der Waals surface area contributed by atoms with E-state index in [-0.39, 0.29) is 12.1 Å². The molecule has 1 aliphatic rings. The zero-order valence-corrected chi connectivity index (χ0v) is 10.00. The van der Waals surface area contributed by atoms with Crippen LogP contribution in [0.3, 0.4) is 0 Å². The van der Waals surface area contributed by atoms with E-state index in [4.69, 9.17) is 0 Å². The van der Waals surface area contributed by atoms with Crippen LogP contribution in [0.2, 0.25) is 0 Å². The summed E-state index contributed by atoms with van der Waals surface area (Å²) in [5, 5.41) is 13.2. The molecule has 3 heteroatoms. The Morgan fingerprint density at radius 3 is 3.12 bits per heavy atom. The lowest BCUT2D eigenvalue weighted by Gasteiger charge is -2.39. The summed E-state index contributed by atoms with van der Waals surface area (Å²) in [6, 6.07) is 4.08. The van der Waals surface area contributed by atoms with Crippen LogP contribution in [0, 0.1) is 5.92 Å². The van der Waals surface area contributed by atoms with Crippen molar-refractivity contribution in [3.63, 3.8) is 0 Å². The highest BCUT2D eigenvalue weighted by molar-refractivity contribution is 5.04. The van der Waals surface area contributed by atoms with E-state index in [0.29, 0.717) is 0 Å². The van der Waals surface area contributed by atoms with E-state index in [1.807, 2.05) is 12.3 Å². The van der Waals surface area contributed by atoms with Crippen LogP contribution in [0.25, 0.3) is 0 Å². The van der Waals surface area contributed by atoms with Gasteiger partial charge >= 0.3 is 0 Å². The van der Waals surface area contributed by atoms with Crippen LogP contribution >= 0.6 is 0 Å². The standard InChI is InChI=1S/C13H22N2O/c1-11-4-2-6-13(8-11,10-16)15-9-12-5-3-7-14-12/h3,5,7,11,14-16H,2,4,6,8-10H2,1H3. The lowest BCUT2D eigenvalue weighted by Crippen LogP contribution is -2.51. The molecule has 0 bridgehead atoms. The van der Waals surface area contributed by atoms with Crippen molar-refractivity contribution < 1.29 is 5.11 Å². The fourth-order valence-electron chi connectivity index (χ4n) is 2.78. The Morgan fingerprint density at radius 1 is 1.62 bits per heavy atom. The van der Waals surface area contributed by atoms with Crippen LogP contribution in [0.4, 0.5) is 0 Å². The molecule has 90 valence electrons. The normalized spacial score (nSPS) is 30.5. The Kier molecular flexibility index (Phi) is 3.66. The van der Waals surface area contributed by atoms with Gasteiger partial charge in [0, 0.05) is 24.0 Å². The van der Waals surface area contributed by atoms with Crippen molar-refractivity contribution in [2.45, 2.75) is 44.7 Å². The van der Waals surface area contributed by atoms with Crippen LogP contribution in [0.15, 0.2) is 18.3 Å². The monoisotopic (exact) mass is 222 g/mol. The van der Waals surface area contributed by atoms with E-state index in [2.05, 4.69) is 23.3 Å². The average molecular weight is 222 g/mol. The molecule has 3 N–H and O–H groups in total. The number of nitrogens with one attached hydrogen (secondary N) is 2. The predicted molar refractivity (Wildman–Crippen MR) is 65.1 cm³/mol. The van der Waals surface area contributed by atoms with Crippen molar-refractivity contribution in [2.75, 3.05) is 6.61 Å². The summed E-state index contributed by atoms with van der Waals surface area (Å²) < 4.78 is 0. The van der Waals surface area contributed by atoms with Crippen molar-refractivity contribution in [3.05, 3.63) is 24.0 Å². The lowest BCUT2D eigenvalue weighted by atomic mass is 9.77. The first-order valence-corrected chi connectivity index (χ1v) is 6.22. The molecule has 16 heavy (non-hydrogen) atoms. The number of aromatic nitrogens is 1. The quantitative estimate of drug-likeness (QED) is 0.730. The van der Waals surface area contributed by atoms with Gasteiger partial charge in [-0.3, -0.25) is 0 Å². The maximum Gasteiger partial charge on any atom is 0.0613 e. The predicted octanol–water partition coefficient (Wildman–Crippen LogP) is 2.05. The third kappa shape index (κ3) is 2.66. The van der Waals surface area contributed by atoms with Crippen molar-refractivity contribution >= 4 is 0 Å². The van der Waals surface area contributed by atoms with Gasteiger partial charge in [0.2, 0.25) is 0 Å². The summed E-state index contributed by atoms with van der Waals surface area (Å²) in [6.07, 6.45) is 6.64. The highest BCUT2D eigenvalue weighted by Crippen LogP contribution is 2.32. The van der Waals surface area contributed by atoms with Gasteiger partial charge < -0.3 is 15.4 Å². The van der Waals surface area contributed by atoms with E-state index >= 15 is 0 Å². The summed E-state index contributed by atoms with van der Waals surface area (Å²) in [7, 11) is 0. The molecule has 3 nitrogen and oxygen atoms in total. The van der Waals surface area contributed by atoms with Crippen molar-refractivity contribution in [1.82, 2.24) is 10.3 Å². The highest BCUT2D eigenvalue weighted by Gasteiger charge is 2.33. The minimum atomic E-state index is -0.0528. The summed E-state index contributed by atoms with van der Waals surface area (Å²) >= 11 is 0. The second kappa shape index (κ2) is 5.02. The van der Waals surface area contributed by atoms with Gasteiger partial charge in [-0.15, -0.1) is 0 Å². The SMILES string of the molecule is CC1CCCC(CO)(NCc2ccc[nH]2)C1. The van der Waals surface area contributed by atoms with Crippen molar-refractivity contribution in [3.8, 4) is 0 Å². The minimum Gasteiger partial charge on any atom is -0.394 e. The fourth-order valence-corrected chi connectivity index (χ4v) is 2.78. The third-order valence-electron chi connectivity index (χ3n) is 3.71. The van der Waals surface area contributed by atoms with E-state index in [0.717, 1.165) is 25.3 Å². The number of rotatable bonds is 4. The fraction of sp³-hybridized carbons (Fsp3) is 0.692. The van der Waals surface area contributed by atoms with Gasteiger partial charge in [0.05, 0.1) is 6.61 Å². The summed E-state index contributed by atoms with van der Waals surface area (Å²) in [5.41, 5.74) is 1.13. The minimum absolute atomic E-state index is 0.0528. The van der Waals surface area contributed by atoms with E-state index in [1.165, 1.54) is 18.5 Å². The molecule has 1 aromatic rings. The lowest BCUT2D eigenvalue weighted by molar-refractivity contribution is 0.0979. The Bertz CT molecular complexity index is 310. The molecule has 1 aliphatic carbocycles. The molecule has 0 aromatic carbocycles. The molecule has 2 atom stereocenters. The number of hydrogen-bond donors (Lipinski definition) is 3. The van der Waals surface area contributed by atoms with Crippen molar-refractivity contribution in [1.29, 1.82) is 0 Å². The van der Waals surface area contributed by atoms with Crippen LogP contribution < -0.4 is 5.32 Å². The first-order valence-electron chi connectivity index (χ1n) is 6.22. The largest absolute Gasteiger partial charge is 0.394 e. The Labute approximate surface area is 97.3 Å². The molecule has 2 unspecified atom stereocenters. The van der Waals surface area contributed by atoms with Crippen LogP contribution in [0.1, 0.15) is 38.3 Å². The molecule has 0 aliphatic heterocycles. The molecule has 1 heterocycles.